The maximum absolute atomic E-state index is 3.57. The lowest BCUT2D eigenvalue weighted by atomic mass is 9.94. The summed E-state index contributed by atoms with van der Waals surface area (Å²) in [4.78, 5) is 1.36. The monoisotopic (exact) mass is 323 g/mol. The number of hydrogen-bond acceptors (Lipinski definition) is 2. The number of aryl methyl sites for hydroxylation is 3. The SMILES string of the molecule is CNC(c1ccc(C)cc1C)c1cc(Br)sc1C. The van der Waals surface area contributed by atoms with Gasteiger partial charge in [-0.15, -0.1) is 11.3 Å². The standard InChI is InChI=1S/C15H18BrNS/c1-9-5-6-12(10(2)7-9)15(17-4)13-8-14(16)18-11(13)3/h5-8,15,17H,1-4H3. The molecule has 0 spiro atoms. The van der Waals surface area contributed by atoms with Gasteiger partial charge in [-0.05, 0) is 66.5 Å². The van der Waals surface area contributed by atoms with Gasteiger partial charge in [0.15, 0.2) is 0 Å². The molecule has 3 heteroatoms. The van der Waals surface area contributed by atoms with Crippen LogP contribution in [0.3, 0.4) is 0 Å². The molecule has 0 amide bonds. The quantitative estimate of drug-likeness (QED) is 0.859. The molecule has 0 radical (unpaired) electrons. The highest BCUT2D eigenvalue weighted by molar-refractivity contribution is 9.11. The number of rotatable bonds is 3. The van der Waals surface area contributed by atoms with Crippen LogP contribution in [0.4, 0.5) is 0 Å². The molecule has 1 N–H and O–H groups in total. The Labute approximate surface area is 121 Å². The topological polar surface area (TPSA) is 12.0 Å². The molecule has 0 aliphatic carbocycles. The summed E-state index contributed by atoms with van der Waals surface area (Å²) in [5.41, 5.74) is 5.38. The van der Waals surface area contributed by atoms with Crippen molar-refractivity contribution in [3.8, 4) is 0 Å². The fraction of sp³-hybridized carbons (Fsp3) is 0.333. The van der Waals surface area contributed by atoms with Crippen molar-refractivity contribution < 1.29 is 0 Å². The first-order valence-electron chi connectivity index (χ1n) is 6.03. The van der Waals surface area contributed by atoms with Crippen LogP contribution in [0.15, 0.2) is 28.1 Å². The first-order valence-corrected chi connectivity index (χ1v) is 7.64. The van der Waals surface area contributed by atoms with Gasteiger partial charge in [0.2, 0.25) is 0 Å². The Balaban J connectivity index is 2.48. The van der Waals surface area contributed by atoms with Gasteiger partial charge < -0.3 is 5.32 Å². The summed E-state index contributed by atoms with van der Waals surface area (Å²) in [5.74, 6) is 0. The highest BCUT2D eigenvalue weighted by Gasteiger charge is 2.18. The van der Waals surface area contributed by atoms with Gasteiger partial charge >= 0.3 is 0 Å². The zero-order valence-corrected chi connectivity index (χ0v) is 13.6. The largest absolute Gasteiger partial charge is 0.309 e. The van der Waals surface area contributed by atoms with Gasteiger partial charge in [0.25, 0.3) is 0 Å². The van der Waals surface area contributed by atoms with Crippen LogP contribution in [-0.4, -0.2) is 7.05 Å². The van der Waals surface area contributed by atoms with Crippen LogP contribution in [0.25, 0.3) is 0 Å². The Morgan fingerprint density at radius 2 is 1.83 bits per heavy atom. The summed E-state index contributed by atoms with van der Waals surface area (Å²) in [6.07, 6.45) is 0. The van der Waals surface area contributed by atoms with Gasteiger partial charge in [-0.2, -0.15) is 0 Å². The number of halogens is 1. The third-order valence-electron chi connectivity index (χ3n) is 3.26. The van der Waals surface area contributed by atoms with Crippen LogP contribution in [0.2, 0.25) is 0 Å². The maximum Gasteiger partial charge on any atom is 0.0704 e. The van der Waals surface area contributed by atoms with Gasteiger partial charge in [-0.1, -0.05) is 23.8 Å². The van der Waals surface area contributed by atoms with Crippen molar-refractivity contribution >= 4 is 27.3 Å². The molecule has 0 fully saturated rings. The smallest absolute Gasteiger partial charge is 0.0704 e. The maximum atomic E-state index is 3.57. The van der Waals surface area contributed by atoms with Crippen LogP contribution in [0.1, 0.15) is 33.2 Å². The average Bonchev–Trinajstić information content (AvgIpc) is 2.62. The molecule has 96 valence electrons. The molecule has 1 nitrogen and oxygen atoms in total. The van der Waals surface area contributed by atoms with Crippen molar-refractivity contribution in [1.82, 2.24) is 5.32 Å². The van der Waals surface area contributed by atoms with Gasteiger partial charge in [-0.25, -0.2) is 0 Å². The van der Waals surface area contributed by atoms with E-state index in [1.54, 1.807) is 11.3 Å². The average molecular weight is 324 g/mol. The van der Waals surface area contributed by atoms with E-state index in [0.29, 0.717) is 0 Å². The number of nitrogens with one attached hydrogen (secondary N) is 1. The second-order valence-corrected chi connectivity index (χ2v) is 7.28. The van der Waals surface area contributed by atoms with Crippen LogP contribution in [0, 0.1) is 20.8 Å². The lowest BCUT2D eigenvalue weighted by Gasteiger charge is -2.19. The summed E-state index contributed by atoms with van der Waals surface area (Å²) >= 11 is 5.37. The molecule has 0 bridgehead atoms. The van der Waals surface area contributed by atoms with Crippen molar-refractivity contribution in [2.24, 2.45) is 0 Å². The predicted molar refractivity (Wildman–Crippen MR) is 83.6 cm³/mol. The zero-order chi connectivity index (χ0) is 13.3. The molecule has 1 heterocycles. The fourth-order valence-corrected chi connectivity index (χ4v) is 4.12. The van der Waals surface area contributed by atoms with E-state index in [9.17, 15) is 0 Å². The molecule has 18 heavy (non-hydrogen) atoms. The molecule has 0 saturated heterocycles. The lowest BCUT2D eigenvalue weighted by Crippen LogP contribution is -2.18. The van der Waals surface area contributed by atoms with E-state index in [4.69, 9.17) is 0 Å². The fourth-order valence-electron chi connectivity index (χ4n) is 2.37. The molecule has 1 aromatic heterocycles. The van der Waals surface area contributed by atoms with Crippen LogP contribution < -0.4 is 5.32 Å². The molecule has 1 aromatic carbocycles. The molecule has 0 saturated carbocycles. The van der Waals surface area contributed by atoms with Crippen LogP contribution >= 0.6 is 27.3 Å². The van der Waals surface area contributed by atoms with Crippen LogP contribution in [0.5, 0.6) is 0 Å². The second kappa shape index (κ2) is 5.55. The van der Waals surface area contributed by atoms with E-state index in [-0.39, 0.29) is 6.04 Å². The number of thiophene rings is 1. The zero-order valence-electron chi connectivity index (χ0n) is 11.2. The van der Waals surface area contributed by atoms with E-state index in [0.717, 1.165) is 0 Å². The van der Waals surface area contributed by atoms with Gasteiger partial charge in [0.05, 0.1) is 9.83 Å². The normalized spacial score (nSPS) is 12.7. The van der Waals surface area contributed by atoms with Crippen molar-refractivity contribution in [1.29, 1.82) is 0 Å². The molecule has 2 rings (SSSR count). The Morgan fingerprint density at radius 3 is 2.33 bits per heavy atom. The third kappa shape index (κ3) is 2.68. The predicted octanol–water partition coefficient (Wildman–Crippen LogP) is 4.74. The van der Waals surface area contributed by atoms with Crippen molar-refractivity contribution in [3.05, 3.63) is 55.2 Å². The molecule has 1 unspecified atom stereocenters. The first kappa shape index (κ1) is 13.8. The number of benzene rings is 1. The number of hydrogen-bond donors (Lipinski definition) is 1. The van der Waals surface area contributed by atoms with E-state index in [1.165, 1.54) is 30.9 Å². The third-order valence-corrected chi connectivity index (χ3v) is 4.83. The Morgan fingerprint density at radius 1 is 1.11 bits per heavy atom. The van der Waals surface area contributed by atoms with E-state index >= 15 is 0 Å². The highest BCUT2D eigenvalue weighted by Crippen LogP contribution is 2.34. The van der Waals surface area contributed by atoms with Gasteiger partial charge in [0, 0.05) is 4.88 Å². The highest BCUT2D eigenvalue weighted by atomic mass is 79.9. The minimum absolute atomic E-state index is 0.271. The molecule has 0 aliphatic heterocycles. The minimum atomic E-state index is 0.271. The Bertz CT molecular complexity index is 560. The van der Waals surface area contributed by atoms with Crippen molar-refractivity contribution in [2.45, 2.75) is 26.8 Å². The van der Waals surface area contributed by atoms with E-state index < -0.39 is 0 Å². The van der Waals surface area contributed by atoms with E-state index in [2.05, 4.69) is 66.3 Å². The van der Waals surface area contributed by atoms with Crippen molar-refractivity contribution in [3.63, 3.8) is 0 Å². The summed E-state index contributed by atoms with van der Waals surface area (Å²) in [6.45, 7) is 6.50. The summed E-state index contributed by atoms with van der Waals surface area (Å²) in [7, 11) is 2.02. The molecule has 0 aliphatic rings. The minimum Gasteiger partial charge on any atom is -0.309 e. The van der Waals surface area contributed by atoms with Gasteiger partial charge in [-0.3, -0.25) is 0 Å². The second-order valence-electron chi connectivity index (χ2n) is 4.64. The molecular weight excluding hydrogens is 306 g/mol. The van der Waals surface area contributed by atoms with Gasteiger partial charge in [0.1, 0.15) is 0 Å². The van der Waals surface area contributed by atoms with E-state index in [1.807, 2.05) is 7.05 Å². The molecule has 2 aromatic rings. The Hall–Kier alpha value is -0.640. The summed E-state index contributed by atoms with van der Waals surface area (Å²) in [6, 6.07) is 9.16. The molecular formula is C15H18BrNS. The summed E-state index contributed by atoms with van der Waals surface area (Å²) in [5, 5.41) is 3.43. The van der Waals surface area contributed by atoms with Crippen LogP contribution in [-0.2, 0) is 0 Å². The Kier molecular flexibility index (Phi) is 4.25. The van der Waals surface area contributed by atoms with Crippen molar-refractivity contribution in [2.75, 3.05) is 7.05 Å². The molecule has 1 atom stereocenters. The first-order chi connectivity index (χ1) is 8.52. The summed E-state index contributed by atoms with van der Waals surface area (Å²) < 4.78 is 1.19. The lowest BCUT2D eigenvalue weighted by molar-refractivity contribution is 0.686.